The third kappa shape index (κ3) is 2.69. The molecule has 3 heteroatoms. The standard InChI is InChI=1S/C18H18FNO/c1-3-20-11-14-7-8-15(19)10-16(14)17-9-13-6-4-5-12(2)18(13)21-17/h4-10,20H,3,11H2,1-2H3. The molecule has 3 aromatic rings. The Morgan fingerprint density at radius 2 is 2.00 bits per heavy atom. The van der Waals surface area contributed by atoms with Gasteiger partial charge in [-0.15, -0.1) is 0 Å². The molecule has 0 aliphatic rings. The first kappa shape index (κ1) is 13.8. The summed E-state index contributed by atoms with van der Waals surface area (Å²) in [4.78, 5) is 0. The van der Waals surface area contributed by atoms with Crippen LogP contribution in [0.15, 0.2) is 46.9 Å². The van der Waals surface area contributed by atoms with Gasteiger partial charge in [0.2, 0.25) is 0 Å². The molecule has 0 fully saturated rings. The highest BCUT2D eigenvalue weighted by Gasteiger charge is 2.12. The van der Waals surface area contributed by atoms with Crippen molar-refractivity contribution in [3.05, 3.63) is 59.4 Å². The van der Waals surface area contributed by atoms with Crippen LogP contribution in [0.25, 0.3) is 22.3 Å². The first-order valence-corrected chi connectivity index (χ1v) is 7.17. The van der Waals surface area contributed by atoms with Gasteiger partial charge in [-0.3, -0.25) is 0 Å². The summed E-state index contributed by atoms with van der Waals surface area (Å²) in [7, 11) is 0. The topological polar surface area (TPSA) is 25.2 Å². The summed E-state index contributed by atoms with van der Waals surface area (Å²) in [6.07, 6.45) is 0. The molecule has 0 aliphatic heterocycles. The van der Waals surface area contributed by atoms with Crippen LogP contribution in [0.1, 0.15) is 18.1 Å². The summed E-state index contributed by atoms with van der Waals surface area (Å²) in [5.74, 6) is 0.467. The minimum Gasteiger partial charge on any atom is -0.456 e. The van der Waals surface area contributed by atoms with Gasteiger partial charge in [0.1, 0.15) is 17.2 Å². The summed E-state index contributed by atoms with van der Waals surface area (Å²) in [5.41, 5.74) is 3.80. The molecule has 0 saturated heterocycles. The Morgan fingerprint density at radius 1 is 1.14 bits per heavy atom. The maximum absolute atomic E-state index is 13.6. The Labute approximate surface area is 123 Å². The molecule has 0 saturated carbocycles. The number of halogens is 1. The molecule has 0 bridgehead atoms. The Hall–Kier alpha value is -2.13. The summed E-state index contributed by atoms with van der Waals surface area (Å²) in [6, 6.07) is 12.9. The first-order valence-electron chi connectivity index (χ1n) is 7.17. The molecule has 0 spiro atoms. The van der Waals surface area contributed by atoms with Crippen LogP contribution in [0.3, 0.4) is 0 Å². The molecule has 1 N–H and O–H groups in total. The average Bonchev–Trinajstić information content (AvgIpc) is 2.91. The highest BCUT2D eigenvalue weighted by Crippen LogP contribution is 2.32. The van der Waals surface area contributed by atoms with Gasteiger partial charge in [0.05, 0.1) is 0 Å². The van der Waals surface area contributed by atoms with E-state index in [0.717, 1.165) is 34.2 Å². The quantitative estimate of drug-likeness (QED) is 0.753. The number of fused-ring (bicyclic) bond motifs is 1. The van der Waals surface area contributed by atoms with E-state index in [2.05, 4.69) is 5.32 Å². The van der Waals surface area contributed by atoms with Crippen LogP contribution in [0, 0.1) is 12.7 Å². The van der Waals surface area contributed by atoms with E-state index < -0.39 is 0 Å². The lowest BCUT2D eigenvalue weighted by molar-refractivity contribution is 0.613. The molecule has 2 nitrogen and oxygen atoms in total. The van der Waals surface area contributed by atoms with Crippen LogP contribution >= 0.6 is 0 Å². The minimum atomic E-state index is -0.248. The van der Waals surface area contributed by atoms with Gasteiger partial charge in [-0.25, -0.2) is 4.39 Å². The monoisotopic (exact) mass is 283 g/mol. The molecule has 0 amide bonds. The number of aryl methyl sites for hydroxylation is 1. The lowest BCUT2D eigenvalue weighted by Crippen LogP contribution is -2.12. The predicted molar refractivity (Wildman–Crippen MR) is 83.7 cm³/mol. The van der Waals surface area contributed by atoms with Crippen molar-refractivity contribution in [3.8, 4) is 11.3 Å². The SMILES string of the molecule is CCNCc1ccc(F)cc1-c1cc2cccc(C)c2o1. The molecule has 108 valence electrons. The van der Waals surface area contributed by atoms with Crippen molar-refractivity contribution in [2.75, 3.05) is 6.54 Å². The average molecular weight is 283 g/mol. The molecular formula is C18H18FNO. The van der Waals surface area contributed by atoms with E-state index in [9.17, 15) is 4.39 Å². The summed E-state index contributed by atoms with van der Waals surface area (Å²) in [5, 5.41) is 4.32. The molecule has 0 aliphatic carbocycles. The minimum absolute atomic E-state index is 0.248. The molecule has 0 unspecified atom stereocenters. The molecule has 0 radical (unpaired) electrons. The fourth-order valence-corrected chi connectivity index (χ4v) is 2.53. The zero-order chi connectivity index (χ0) is 14.8. The zero-order valence-electron chi connectivity index (χ0n) is 12.2. The van der Waals surface area contributed by atoms with Crippen LogP contribution in [-0.2, 0) is 6.54 Å². The maximum atomic E-state index is 13.6. The van der Waals surface area contributed by atoms with Crippen LogP contribution in [0.2, 0.25) is 0 Å². The zero-order valence-corrected chi connectivity index (χ0v) is 12.2. The van der Waals surface area contributed by atoms with E-state index in [4.69, 9.17) is 4.42 Å². The Kier molecular flexibility index (Phi) is 3.76. The molecule has 2 aromatic carbocycles. The maximum Gasteiger partial charge on any atom is 0.137 e. The van der Waals surface area contributed by atoms with Gasteiger partial charge in [0.25, 0.3) is 0 Å². The molecule has 21 heavy (non-hydrogen) atoms. The van der Waals surface area contributed by atoms with E-state index in [1.807, 2.05) is 44.2 Å². The first-order chi connectivity index (χ1) is 10.2. The van der Waals surface area contributed by atoms with Gasteiger partial charge in [0, 0.05) is 17.5 Å². The largest absolute Gasteiger partial charge is 0.456 e. The van der Waals surface area contributed by atoms with Gasteiger partial charge in [0.15, 0.2) is 0 Å². The van der Waals surface area contributed by atoms with Gasteiger partial charge in [-0.1, -0.05) is 31.2 Å². The molecule has 3 rings (SSSR count). The van der Waals surface area contributed by atoms with Gasteiger partial charge in [-0.05, 0) is 42.8 Å². The van der Waals surface area contributed by atoms with Crippen molar-refractivity contribution in [1.29, 1.82) is 0 Å². The van der Waals surface area contributed by atoms with E-state index in [0.29, 0.717) is 12.3 Å². The molecular weight excluding hydrogens is 265 g/mol. The number of furan rings is 1. The smallest absolute Gasteiger partial charge is 0.137 e. The number of rotatable bonds is 4. The second-order valence-electron chi connectivity index (χ2n) is 5.19. The summed E-state index contributed by atoms with van der Waals surface area (Å²) < 4.78 is 19.6. The second kappa shape index (κ2) is 5.70. The van der Waals surface area contributed by atoms with Gasteiger partial charge < -0.3 is 9.73 Å². The fraction of sp³-hybridized carbons (Fsp3) is 0.222. The van der Waals surface area contributed by atoms with E-state index >= 15 is 0 Å². The number of para-hydroxylation sites is 1. The Balaban J connectivity index is 2.12. The van der Waals surface area contributed by atoms with E-state index in [1.165, 1.54) is 6.07 Å². The van der Waals surface area contributed by atoms with Crippen molar-refractivity contribution in [2.24, 2.45) is 0 Å². The second-order valence-corrected chi connectivity index (χ2v) is 5.19. The summed E-state index contributed by atoms with van der Waals surface area (Å²) >= 11 is 0. The third-order valence-electron chi connectivity index (χ3n) is 3.64. The number of hydrogen-bond donors (Lipinski definition) is 1. The number of benzene rings is 2. The summed E-state index contributed by atoms with van der Waals surface area (Å²) in [6.45, 7) is 5.63. The normalized spacial score (nSPS) is 11.2. The predicted octanol–water partition coefficient (Wildman–Crippen LogP) is 4.66. The molecule has 1 aromatic heterocycles. The van der Waals surface area contributed by atoms with Crippen LogP contribution in [0.4, 0.5) is 4.39 Å². The number of nitrogens with one attached hydrogen (secondary N) is 1. The van der Waals surface area contributed by atoms with Gasteiger partial charge in [-0.2, -0.15) is 0 Å². The molecule has 1 heterocycles. The van der Waals surface area contributed by atoms with E-state index in [1.54, 1.807) is 6.07 Å². The van der Waals surface area contributed by atoms with Crippen molar-refractivity contribution >= 4 is 11.0 Å². The van der Waals surface area contributed by atoms with E-state index in [-0.39, 0.29) is 5.82 Å². The Morgan fingerprint density at radius 3 is 2.76 bits per heavy atom. The van der Waals surface area contributed by atoms with Crippen LogP contribution in [0.5, 0.6) is 0 Å². The van der Waals surface area contributed by atoms with Crippen molar-refractivity contribution in [3.63, 3.8) is 0 Å². The lowest BCUT2D eigenvalue weighted by atomic mass is 10.0. The van der Waals surface area contributed by atoms with Crippen LogP contribution < -0.4 is 5.32 Å². The number of hydrogen-bond acceptors (Lipinski definition) is 2. The lowest BCUT2D eigenvalue weighted by Gasteiger charge is -2.08. The fourth-order valence-electron chi connectivity index (χ4n) is 2.53. The van der Waals surface area contributed by atoms with Crippen molar-refractivity contribution in [1.82, 2.24) is 5.32 Å². The molecule has 0 atom stereocenters. The van der Waals surface area contributed by atoms with Gasteiger partial charge >= 0.3 is 0 Å². The van der Waals surface area contributed by atoms with Crippen LogP contribution in [-0.4, -0.2) is 6.54 Å². The Bertz CT molecular complexity index is 776. The van der Waals surface area contributed by atoms with Crippen molar-refractivity contribution in [2.45, 2.75) is 20.4 Å². The highest BCUT2D eigenvalue weighted by molar-refractivity contribution is 5.85. The third-order valence-corrected chi connectivity index (χ3v) is 3.64. The highest BCUT2D eigenvalue weighted by atomic mass is 19.1. The van der Waals surface area contributed by atoms with Crippen molar-refractivity contribution < 1.29 is 8.81 Å².